The van der Waals surface area contributed by atoms with Crippen molar-refractivity contribution < 1.29 is 14.3 Å². The Labute approximate surface area is 180 Å². The van der Waals surface area contributed by atoms with Crippen molar-refractivity contribution in [2.24, 2.45) is 0 Å². The Kier molecular flexibility index (Phi) is 7.36. The first-order chi connectivity index (χ1) is 13.9. The number of likely N-dealkylation sites (N-methyl/N-ethyl adjacent to an activating group) is 1. The number of carbonyl (C=O) groups is 2. The van der Waals surface area contributed by atoms with Crippen LogP contribution < -0.4 is 10.2 Å². The van der Waals surface area contributed by atoms with E-state index < -0.39 is 0 Å². The molecule has 1 heterocycles. The first-order valence-electron chi connectivity index (χ1n) is 9.33. The van der Waals surface area contributed by atoms with E-state index in [1.165, 1.54) is 4.90 Å². The summed E-state index contributed by atoms with van der Waals surface area (Å²) >= 11 is 12.2. The van der Waals surface area contributed by atoms with Crippen LogP contribution in [-0.4, -0.2) is 56.6 Å². The van der Waals surface area contributed by atoms with Gasteiger partial charge in [-0.1, -0.05) is 29.3 Å². The standard InChI is InChI=1S/C21H23Cl2N3O3/c1-25(21(28)13-17-18(22)3-2-4-19(17)23)14-20(27)24-15-5-7-16(8-6-15)26-9-11-29-12-10-26/h2-8H,9-14H2,1H3,(H,24,27). The van der Waals surface area contributed by atoms with Gasteiger partial charge in [-0.05, 0) is 42.0 Å². The van der Waals surface area contributed by atoms with E-state index in [0.717, 1.165) is 32.0 Å². The molecule has 0 aliphatic carbocycles. The van der Waals surface area contributed by atoms with E-state index in [1.807, 2.05) is 24.3 Å². The van der Waals surface area contributed by atoms with Crippen molar-refractivity contribution in [3.63, 3.8) is 0 Å². The van der Waals surface area contributed by atoms with Crippen molar-refractivity contribution in [3.05, 3.63) is 58.1 Å². The Bertz CT molecular complexity index is 848. The minimum Gasteiger partial charge on any atom is -0.378 e. The van der Waals surface area contributed by atoms with Crippen LogP contribution >= 0.6 is 23.2 Å². The van der Waals surface area contributed by atoms with Gasteiger partial charge in [-0.15, -0.1) is 0 Å². The molecule has 8 heteroatoms. The molecule has 6 nitrogen and oxygen atoms in total. The SMILES string of the molecule is CN(CC(=O)Nc1ccc(N2CCOCC2)cc1)C(=O)Cc1c(Cl)cccc1Cl. The van der Waals surface area contributed by atoms with Crippen LogP contribution in [0.1, 0.15) is 5.56 Å². The molecule has 0 unspecified atom stereocenters. The van der Waals surface area contributed by atoms with Crippen LogP contribution in [0.2, 0.25) is 10.0 Å². The van der Waals surface area contributed by atoms with E-state index in [1.54, 1.807) is 25.2 Å². The number of nitrogens with zero attached hydrogens (tertiary/aromatic N) is 2. The lowest BCUT2D eigenvalue weighted by atomic mass is 10.1. The van der Waals surface area contributed by atoms with E-state index in [4.69, 9.17) is 27.9 Å². The molecule has 0 bridgehead atoms. The molecule has 1 saturated heterocycles. The van der Waals surface area contributed by atoms with Gasteiger partial charge in [0.25, 0.3) is 0 Å². The van der Waals surface area contributed by atoms with Crippen LogP contribution in [-0.2, 0) is 20.7 Å². The zero-order valence-electron chi connectivity index (χ0n) is 16.2. The highest BCUT2D eigenvalue weighted by Crippen LogP contribution is 2.25. The monoisotopic (exact) mass is 435 g/mol. The number of hydrogen-bond acceptors (Lipinski definition) is 4. The molecule has 0 aromatic heterocycles. The summed E-state index contributed by atoms with van der Waals surface area (Å²) in [6, 6.07) is 12.7. The van der Waals surface area contributed by atoms with E-state index in [2.05, 4.69) is 10.2 Å². The molecular weight excluding hydrogens is 413 g/mol. The van der Waals surface area contributed by atoms with Crippen LogP contribution in [0.5, 0.6) is 0 Å². The topological polar surface area (TPSA) is 61.9 Å². The molecule has 1 aliphatic heterocycles. The molecule has 0 spiro atoms. The predicted octanol–water partition coefficient (Wildman–Crippen LogP) is 3.47. The number of amides is 2. The number of halogens is 2. The minimum absolute atomic E-state index is 0.0382. The second-order valence-electron chi connectivity index (χ2n) is 6.82. The summed E-state index contributed by atoms with van der Waals surface area (Å²) in [5.41, 5.74) is 2.34. The van der Waals surface area contributed by atoms with Crippen molar-refractivity contribution in [3.8, 4) is 0 Å². The van der Waals surface area contributed by atoms with E-state index in [0.29, 0.717) is 21.3 Å². The summed E-state index contributed by atoms with van der Waals surface area (Å²) in [6.07, 6.45) is 0.0382. The Balaban J connectivity index is 1.52. The molecule has 1 aliphatic rings. The average molecular weight is 436 g/mol. The van der Waals surface area contributed by atoms with E-state index >= 15 is 0 Å². The first-order valence-corrected chi connectivity index (χ1v) is 10.1. The van der Waals surface area contributed by atoms with Crippen LogP contribution in [0.15, 0.2) is 42.5 Å². The van der Waals surface area contributed by atoms with Crippen LogP contribution in [0, 0.1) is 0 Å². The first kappa shape index (κ1) is 21.4. The zero-order chi connectivity index (χ0) is 20.8. The molecular formula is C21H23Cl2N3O3. The summed E-state index contributed by atoms with van der Waals surface area (Å²) in [4.78, 5) is 28.3. The smallest absolute Gasteiger partial charge is 0.243 e. The molecule has 29 heavy (non-hydrogen) atoms. The molecule has 2 amide bonds. The number of hydrogen-bond donors (Lipinski definition) is 1. The van der Waals surface area contributed by atoms with Gasteiger partial charge >= 0.3 is 0 Å². The van der Waals surface area contributed by atoms with E-state index in [9.17, 15) is 9.59 Å². The van der Waals surface area contributed by atoms with Gasteiger partial charge in [0.15, 0.2) is 0 Å². The number of ether oxygens (including phenoxy) is 1. The van der Waals surface area contributed by atoms with Crippen LogP contribution in [0.4, 0.5) is 11.4 Å². The minimum atomic E-state index is -0.273. The maximum atomic E-state index is 12.4. The summed E-state index contributed by atoms with van der Waals surface area (Å²) in [5, 5.41) is 3.68. The fourth-order valence-corrected chi connectivity index (χ4v) is 3.60. The lowest BCUT2D eigenvalue weighted by molar-refractivity contribution is -0.132. The molecule has 0 radical (unpaired) electrons. The molecule has 3 rings (SSSR count). The average Bonchev–Trinajstić information content (AvgIpc) is 2.72. The summed E-state index contributed by atoms with van der Waals surface area (Å²) in [7, 11) is 1.58. The fourth-order valence-electron chi connectivity index (χ4n) is 3.07. The number of morpholine rings is 1. The van der Waals surface area contributed by atoms with Crippen molar-refractivity contribution >= 4 is 46.4 Å². The molecule has 2 aromatic rings. The number of carbonyl (C=O) groups excluding carboxylic acids is 2. The van der Waals surface area contributed by atoms with Gasteiger partial charge in [0.1, 0.15) is 0 Å². The van der Waals surface area contributed by atoms with Crippen LogP contribution in [0.25, 0.3) is 0 Å². The summed E-state index contributed by atoms with van der Waals surface area (Å²) < 4.78 is 5.36. The third-order valence-electron chi connectivity index (χ3n) is 4.72. The largest absolute Gasteiger partial charge is 0.378 e. The molecule has 1 fully saturated rings. The third-order valence-corrected chi connectivity index (χ3v) is 5.43. The van der Waals surface area contributed by atoms with E-state index in [-0.39, 0.29) is 24.8 Å². The second-order valence-corrected chi connectivity index (χ2v) is 7.64. The predicted molar refractivity (Wildman–Crippen MR) is 116 cm³/mol. The number of nitrogens with one attached hydrogen (secondary N) is 1. The normalized spacial score (nSPS) is 13.8. The zero-order valence-corrected chi connectivity index (χ0v) is 17.7. The van der Waals surface area contributed by atoms with Gasteiger partial charge in [0, 0.05) is 41.6 Å². The Morgan fingerprint density at radius 3 is 2.31 bits per heavy atom. The van der Waals surface area contributed by atoms with Crippen molar-refractivity contribution in [1.82, 2.24) is 4.90 Å². The number of anilines is 2. The van der Waals surface area contributed by atoms with Crippen molar-refractivity contribution in [2.75, 3.05) is 50.1 Å². The fraction of sp³-hybridized carbons (Fsp3) is 0.333. The summed E-state index contributed by atoms with van der Waals surface area (Å²) in [5.74, 6) is -0.511. The Hall–Kier alpha value is -2.28. The van der Waals surface area contributed by atoms with Gasteiger partial charge in [-0.25, -0.2) is 0 Å². The van der Waals surface area contributed by atoms with Crippen LogP contribution in [0.3, 0.4) is 0 Å². The van der Waals surface area contributed by atoms with Gasteiger partial charge in [-0.2, -0.15) is 0 Å². The lowest BCUT2D eigenvalue weighted by Gasteiger charge is -2.28. The van der Waals surface area contributed by atoms with Crippen molar-refractivity contribution in [2.45, 2.75) is 6.42 Å². The van der Waals surface area contributed by atoms with Gasteiger partial charge in [0.2, 0.25) is 11.8 Å². The van der Waals surface area contributed by atoms with Crippen molar-refractivity contribution in [1.29, 1.82) is 0 Å². The quantitative estimate of drug-likeness (QED) is 0.754. The Morgan fingerprint density at radius 1 is 1.07 bits per heavy atom. The second kappa shape index (κ2) is 9.96. The molecule has 2 aromatic carbocycles. The lowest BCUT2D eigenvalue weighted by Crippen LogP contribution is -2.36. The highest BCUT2D eigenvalue weighted by Gasteiger charge is 2.17. The van der Waals surface area contributed by atoms with Gasteiger partial charge in [0.05, 0.1) is 26.2 Å². The van der Waals surface area contributed by atoms with Gasteiger partial charge in [-0.3, -0.25) is 9.59 Å². The third kappa shape index (κ3) is 5.85. The Morgan fingerprint density at radius 2 is 1.69 bits per heavy atom. The molecule has 154 valence electrons. The highest BCUT2D eigenvalue weighted by molar-refractivity contribution is 6.36. The summed E-state index contributed by atoms with van der Waals surface area (Å²) in [6.45, 7) is 3.09. The molecule has 1 N–H and O–H groups in total. The molecule has 0 saturated carbocycles. The van der Waals surface area contributed by atoms with Gasteiger partial charge < -0.3 is 19.9 Å². The maximum Gasteiger partial charge on any atom is 0.243 e. The maximum absolute atomic E-state index is 12.4. The highest BCUT2D eigenvalue weighted by atomic mass is 35.5. The molecule has 0 atom stereocenters. The number of benzene rings is 2. The number of rotatable bonds is 6.